The van der Waals surface area contributed by atoms with Crippen molar-refractivity contribution in [2.75, 3.05) is 13.7 Å². The Kier molecular flexibility index (Phi) is 5.10. The number of urea groups is 1. The molecule has 25 heavy (non-hydrogen) atoms. The third-order valence-corrected chi connectivity index (χ3v) is 3.46. The maximum atomic E-state index is 12.3. The Morgan fingerprint density at radius 3 is 2.68 bits per heavy atom. The summed E-state index contributed by atoms with van der Waals surface area (Å²) in [5, 5.41) is 14.3. The summed E-state index contributed by atoms with van der Waals surface area (Å²) in [6.45, 7) is 1.76. The second kappa shape index (κ2) is 6.91. The van der Waals surface area contributed by atoms with Crippen LogP contribution in [0.25, 0.3) is 0 Å². The molecule has 1 heterocycles. The van der Waals surface area contributed by atoms with Crippen LogP contribution in [-0.2, 0) is 9.53 Å². The zero-order valence-corrected chi connectivity index (χ0v) is 13.0. The molecule has 1 aromatic rings. The first-order valence-electron chi connectivity index (χ1n) is 6.99. The van der Waals surface area contributed by atoms with Crippen molar-refractivity contribution in [2.24, 2.45) is 5.92 Å². The van der Waals surface area contributed by atoms with Crippen LogP contribution in [0.1, 0.15) is 11.6 Å². The van der Waals surface area contributed by atoms with Gasteiger partial charge < -0.3 is 25.2 Å². The number of aromatic hydroxyl groups is 1. The van der Waals surface area contributed by atoms with Crippen molar-refractivity contribution in [2.45, 2.75) is 12.2 Å². The van der Waals surface area contributed by atoms with E-state index in [1.165, 1.54) is 25.3 Å². The largest absolute Gasteiger partial charge is 0.504 e. The van der Waals surface area contributed by atoms with E-state index >= 15 is 0 Å². The molecule has 0 spiro atoms. The van der Waals surface area contributed by atoms with Gasteiger partial charge in [-0.2, -0.15) is 13.2 Å². The third kappa shape index (κ3) is 4.34. The molecule has 0 radical (unpaired) electrons. The first-order valence-corrected chi connectivity index (χ1v) is 6.99. The number of phenols is 1. The molecule has 2 rings (SSSR count). The van der Waals surface area contributed by atoms with Gasteiger partial charge in [-0.15, -0.1) is 0 Å². The Bertz CT molecular complexity index is 705. The van der Waals surface area contributed by atoms with Crippen molar-refractivity contribution in [3.8, 4) is 11.5 Å². The Morgan fingerprint density at radius 2 is 2.08 bits per heavy atom. The first-order chi connectivity index (χ1) is 11.6. The molecule has 1 aliphatic heterocycles. The summed E-state index contributed by atoms with van der Waals surface area (Å²) >= 11 is 0. The molecular formula is C15H15F3N2O5. The lowest BCUT2D eigenvalue weighted by atomic mass is 9.89. The highest BCUT2D eigenvalue weighted by atomic mass is 19.4. The van der Waals surface area contributed by atoms with Gasteiger partial charge >= 0.3 is 18.2 Å². The summed E-state index contributed by atoms with van der Waals surface area (Å²) in [4.78, 5) is 23.8. The minimum Gasteiger partial charge on any atom is -0.504 e. The van der Waals surface area contributed by atoms with Crippen molar-refractivity contribution in [3.05, 3.63) is 36.0 Å². The van der Waals surface area contributed by atoms with Crippen LogP contribution in [0.3, 0.4) is 0 Å². The first kappa shape index (κ1) is 18.4. The fourth-order valence-electron chi connectivity index (χ4n) is 2.37. The lowest BCUT2D eigenvalue weighted by Gasteiger charge is -2.33. The number of amides is 2. The average Bonchev–Trinajstić information content (AvgIpc) is 2.51. The number of methoxy groups -OCH3 is 1. The number of benzene rings is 1. The van der Waals surface area contributed by atoms with E-state index in [0.29, 0.717) is 5.56 Å². The normalized spacial score (nSPS) is 20.5. The van der Waals surface area contributed by atoms with Crippen LogP contribution in [0.5, 0.6) is 11.5 Å². The monoisotopic (exact) mass is 360 g/mol. The van der Waals surface area contributed by atoms with Gasteiger partial charge in [0.2, 0.25) is 0 Å². The molecule has 0 aliphatic carbocycles. The van der Waals surface area contributed by atoms with E-state index in [9.17, 15) is 27.9 Å². The highest BCUT2D eigenvalue weighted by molar-refractivity contribution is 5.85. The van der Waals surface area contributed by atoms with E-state index < -0.39 is 36.7 Å². The van der Waals surface area contributed by atoms with Crippen LogP contribution in [0.2, 0.25) is 0 Å². The maximum Gasteiger partial charge on any atom is 0.422 e. The number of halogens is 3. The van der Waals surface area contributed by atoms with Crippen LogP contribution in [-0.4, -0.2) is 37.0 Å². The minimum atomic E-state index is -4.68. The van der Waals surface area contributed by atoms with Crippen LogP contribution >= 0.6 is 0 Å². The molecule has 2 atom stereocenters. The smallest absolute Gasteiger partial charge is 0.422 e. The Balaban J connectivity index is 2.32. The highest BCUT2D eigenvalue weighted by Crippen LogP contribution is 2.35. The Morgan fingerprint density at radius 1 is 1.40 bits per heavy atom. The molecule has 1 saturated heterocycles. The molecule has 7 nitrogen and oxygen atoms in total. The quantitative estimate of drug-likeness (QED) is 0.714. The molecule has 10 heteroatoms. The van der Waals surface area contributed by atoms with Gasteiger partial charge in [-0.05, 0) is 17.7 Å². The van der Waals surface area contributed by atoms with Crippen molar-refractivity contribution in [3.63, 3.8) is 0 Å². The molecular weight excluding hydrogens is 345 g/mol. The zero-order valence-electron chi connectivity index (χ0n) is 13.0. The number of esters is 1. The molecule has 1 fully saturated rings. The van der Waals surface area contributed by atoms with Gasteiger partial charge in [0, 0.05) is 5.70 Å². The van der Waals surface area contributed by atoms with E-state index in [1.54, 1.807) is 0 Å². The van der Waals surface area contributed by atoms with Crippen LogP contribution < -0.4 is 15.4 Å². The molecule has 3 N–H and O–H groups in total. The molecule has 1 aliphatic rings. The van der Waals surface area contributed by atoms with Crippen LogP contribution in [0.4, 0.5) is 18.0 Å². The molecule has 0 saturated carbocycles. The number of carbonyl (C=O) groups is 2. The molecule has 0 aromatic heterocycles. The van der Waals surface area contributed by atoms with Crippen molar-refractivity contribution >= 4 is 12.0 Å². The van der Waals surface area contributed by atoms with Gasteiger partial charge in [-0.25, -0.2) is 4.79 Å². The summed E-state index contributed by atoms with van der Waals surface area (Å²) in [5.41, 5.74) is 0.215. The lowest BCUT2D eigenvalue weighted by molar-refractivity contribution is -0.189. The number of hydrogen-bond acceptors (Lipinski definition) is 5. The number of hydrogen-bond donors (Lipinski definition) is 3. The average molecular weight is 360 g/mol. The van der Waals surface area contributed by atoms with Gasteiger partial charge in [-0.1, -0.05) is 12.6 Å². The topological polar surface area (TPSA) is 96.9 Å². The predicted octanol–water partition coefficient (Wildman–Crippen LogP) is 1.99. The maximum absolute atomic E-state index is 12.3. The number of alkyl halides is 3. The summed E-state index contributed by atoms with van der Waals surface area (Å²) in [7, 11) is 1.30. The highest BCUT2D eigenvalue weighted by Gasteiger charge is 2.41. The Labute approximate surface area is 140 Å². The van der Waals surface area contributed by atoms with Gasteiger partial charge in [-0.3, -0.25) is 4.79 Å². The lowest BCUT2D eigenvalue weighted by Crippen LogP contribution is -2.51. The number of phenolic OH excluding ortho intramolecular Hbond substituents is 1. The number of nitrogens with one attached hydrogen (secondary N) is 2. The second-order valence-corrected chi connectivity index (χ2v) is 5.23. The van der Waals surface area contributed by atoms with Crippen LogP contribution in [0, 0.1) is 5.92 Å². The Hall–Kier alpha value is -2.91. The summed E-state index contributed by atoms with van der Waals surface area (Å²) in [6, 6.07) is 2.29. The van der Waals surface area contributed by atoms with Crippen molar-refractivity contribution in [1.82, 2.24) is 10.6 Å². The fourth-order valence-corrected chi connectivity index (χ4v) is 2.37. The number of carbonyl (C=O) groups excluding carboxylic acids is 2. The van der Waals surface area contributed by atoms with Gasteiger partial charge in [0.25, 0.3) is 0 Å². The van der Waals surface area contributed by atoms with Gasteiger partial charge in [0.1, 0.15) is 5.92 Å². The molecule has 1 aromatic carbocycles. The molecule has 2 unspecified atom stereocenters. The van der Waals surface area contributed by atoms with E-state index in [4.69, 9.17) is 4.74 Å². The predicted molar refractivity (Wildman–Crippen MR) is 78.7 cm³/mol. The third-order valence-electron chi connectivity index (χ3n) is 3.46. The fraction of sp³-hybridized carbons (Fsp3) is 0.333. The minimum absolute atomic E-state index is 0.0679. The molecule has 136 valence electrons. The summed E-state index contributed by atoms with van der Waals surface area (Å²) in [6.07, 6.45) is -4.68. The summed E-state index contributed by atoms with van der Waals surface area (Å²) in [5.74, 6) is -2.61. The molecule has 2 amide bonds. The van der Waals surface area contributed by atoms with E-state index in [-0.39, 0.29) is 17.2 Å². The van der Waals surface area contributed by atoms with E-state index in [0.717, 1.165) is 0 Å². The number of ether oxygens (including phenoxy) is 2. The number of rotatable bonds is 4. The van der Waals surface area contributed by atoms with Crippen molar-refractivity contribution in [1.29, 1.82) is 0 Å². The SMILES string of the molecule is C=C1NC(=O)NC(c2ccc(O)c(OC)c2)C1C(=O)OCC(F)(F)F. The van der Waals surface area contributed by atoms with E-state index in [2.05, 4.69) is 21.9 Å². The standard InChI is InChI=1S/C15H15F3N2O5/c1-7-11(13(22)25-6-15(16,17)18)12(20-14(23)19-7)8-3-4-9(21)10(5-8)24-2/h3-5,11-12,21H,1,6H2,2H3,(H2,19,20,23). The zero-order chi connectivity index (χ0) is 18.8. The molecule has 0 bridgehead atoms. The summed E-state index contributed by atoms with van der Waals surface area (Å²) < 4.78 is 46.1. The van der Waals surface area contributed by atoms with Crippen LogP contribution in [0.15, 0.2) is 30.5 Å². The van der Waals surface area contributed by atoms with Gasteiger partial charge in [0.05, 0.1) is 13.2 Å². The van der Waals surface area contributed by atoms with Gasteiger partial charge in [0.15, 0.2) is 18.1 Å². The van der Waals surface area contributed by atoms with Crippen molar-refractivity contribution < 1.29 is 37.3 Å². The van der Waals surface area contributed by atoms with E-state index in [1.807, 2.05) is 0 Å². The second-order valence-electron chi connectivity index (χ2n) is 5.23.